The lowest BCUT2D eigenvalue weighted by Gasteiger charge is -2.17. The summed E-state index contributed by atoms with van der Waals surface area (Å²) in [6, 6.07) is 20.5. The first kappa shape index (κ1) is 20.9. The molecule has 5 nitrogen and oxygen atoms in total. The molecule has 1 heterocycles. The summed E-state index contributed by atoms with van der Waals surface area (Å²) in [5, 5.41) is 0. The number of nitrogens with zero attached hydrogens (tertiary/aromatic N) is 1. The van der Waals surface area contributed by atoms with E-state index < -0.39 is 12.1 Å². The lowest BCUT2D eigenvalue weighted by Crippen LogP contribution is -2.12. The Hall–Kier alpha value is -3.86. The Balaban J connectivity index is 1.75. The van der Waals surface area contributed by atoms with Crippen LogP contribution in [-0.4, -0.2) is 24.7 Å². The molecule has 0 saturated heterocycles. The van der Waals surface area contributed by atoms with Crippen molar-refractivity contribution < 1.29 is 19.0 Å². The Morgan fingerprint density at radius 2 is 1.87 bits per heavy atom. The molecular weight excluding hydrogens is 378 g/mol. The van der Waals surface area contributed by atoms with Crippen LogP contribution >= 0.6 is 0 Å². The quantitative estimate of drug-likeness (QED) is 0.287. The molecule has 1 atom stereocenters. The average Bonchev–Trinajstić information content (AvgIpc) is 2.81. The average molecular weight is 401 g/mol. The second-order valence-electron chi connectivity index (χ2n) is 6.33. The molecule has 0 aliphatic rings. The summed E-state index contributed by atoms with van der Waals surface area (Å²) in [4.78, 5) is 16.9. The van der Waals surface area contributed by atoms with E-state index in [2.05, 4.69) is 11.6 Å². The number of carbonyl (C=O) groups is 1. The predicted octanol–water partition coefficient (Wildman–Crippen LogP) is 5.00. The van der Waals surface area contributed by atoms with E-state index in [0.717, 1.165) is 11.1 Å². The van der Waals surface area contributed by atoms with Crippen LogP contribution in [0.1, 0.15) is 22.9 Å². The summed E-state index contributed by atoms with van der Waals surface area (Å²) in [5.74, 6) is 0.708. The van der Waals surface area contributed by atoms with Gasteiger partial charge in [0.05, 0.1) is 12.8 Å². The number of benzene rings is 2. The van der Waals surface area contributed by atoms with Gasteiger partial charge in [0.1, 0.15) is 6.61 Å². The molecule has 1 unspecified atom stereocenters. The summed E-state index contributed by atoms with van der Waals surface area (Å²) in [6.07, 6.45) is 5.81. The fraction of sp³-hybridized carbons (Fsp3) is 0.120. The van der Waals surface area contributed by atoms with Crippen molar-refractivity contribution in [3.05, 3.63) is 108 Å². The maximum Gasteiger partial charge on any atom is 0.331 e. The number of pyridine rings is 1. The highest BCUT2D eigenvalue weighted by Crippen LogP contribution is 2.29. The maximum atomic E-state index is 12.5. The number of ether oxygens (including phenoxy) is 3. The van der Waals surface area contributed by atoms with E-state index in [-0.39, 0.29) is 0 Å². The molecule has 0 radical (unpaired) electrons. The first-order valence-electron chi connectivity index (χ1n) is 9.47. The van der Waals surface area contributed by atoms with Crippen LogP contribution in [-0.2, 0) is 9.53 Å². The van der Waals surface area contributed by atoms with Crippen LogP contribution in [0.2, 0.25) is 0 Å². The topological polar surface area (TPSA) is 57.7 Å². The van der Waals surface area contributed by atoms with Crippen LogP contribution in [0, 0.1) is 0 Å². The van der Waals surface area contributed by atoms with Crippen molar-refractivity contribution in [2.24, 2.45) is 0 Å². The molecule has 0 N–H and O–H groups in total. The molecule has 152 valence electrons. The molecule has 1 aromatic heterocycles. The summed E-state index contributed by atoms with van der Waals surface area (Å²) < 4.78 is 16.6. The van der Waals surface area contributed by atoms with Crippen LogP contribution in [0.25, 0.3) is 6.08 Å². The predicted molar refractivity (Wildman–Crippen MR) is 116 cm³/mol. The Kier molecular flexibility index (Phi) is 7.39. The van der Waals surface area contributed by atoms with Crippen molar-refractivity contribution in [1.29, 1.82) is 0 Å². The summed E-state index contributed by atoms with van der Waals surface area (Å²) >= 11 is 0. The molecule has 5 heteroatoms. The minimum atomic E-state index is -0.589. The summed E-state index contributed by atoms with van der Waals surface area (Å²) in [5.41, 5.74) is 2.29. The molecule has 0 fully saturated rings. The lowest BCUT2D eigenvalue weighted by atomic mass is 10.1. The van der Waals surface area contributed by atoms with Crippen molar-refractivity contribution >= 4 is 12.0 Å². The van der Waals surface area contributed by atoms with Crippen molar-refractivity contribution in [2.75, 3.05) is 13.7 Å². The van der Waals surface area contributed by atoms with E-state index in [1.165, 1.54) is 6.08 Å². The van der Waals surface area contributed by atoms with Crippen LogP contribution in [0.3, 0.4) is 0 Å². The monoisotopic (exact) mass is 401 g/mol. The van der Waals surface area contributed by atoms with Gasteiger partial charge in [-0.2, -0.15) is 0 Å². The molecule has 0 bridgehead atoms. The van der Waals surface area contributed by atoms with Gasteiger partial charge in [-0.15, -0.1) is 0 Å². The van der Waals surface area contributed by atoms with Gasteiger partial charge >= 0.3 is 5.97 Å². The van der Waals surface area contributed by atoms with Gasteiger partial charge < -0.3 is 14.2 Å². The zero-order valence-corrected chi connectivity index (χ0v) is 16.7. The Morgan fingerprint density at radius 1 is 1.07 bits per heavy atom. The van der Waals surface area contributed by atoms with E-state index in [1.54, 1.807) is 37.6 Å². The smallest absolute Gasteiger partial charge is 0.331 e. The minimum Gasteiger partial charge on any atom is -0.493 e. The van der Waals surface area contributed by atoms with Crippen molar-refractivity contribution in [1.82, 2.24) is 4.98 Å². The van der Waals surface area contributed by atoms with Gasteiger partial charge in [0, 0.05) is 12.3 Å². The Morgan fingerprint density at radius 3 is 2.57 bits per heavy atom. The van der Waals surface area contributed by atoms with E-state index in [1.807, 2.05) is 54.6 Å². The SMILES string of the molecule is C=CCOc1ccc(/C=C/C(=O)OC(c2ccccc2)c2ccccn2)cc1OC. The molecule has 2 aromatic carbocycles. The highest BCUT2D eigenvalue weighted by Gasteiger charge is 2.18. The number of esters is 1. The zero-order valence-electron chi connectivity index (χ0n) is 16.7. The molecule has 30 heavy (non-hydrogen) atoms. The third kappa shape index (κ3) is 5.58. The maximum absolute atomic E-state index is 12.5. The Labute approximate surface area is 176 Å². The second-order valence-corrected chi connectivity index (χ2v) is 6.33. The molecule has 0 aliphatic carbocycles. The third-order valence-electron chi connectivity index (χ3n) is 4.25. The number of rotatable bonds is 9. The largest absolute Gasteiger partial charge is 0.493 e. The third-order valence-corrected chi connectivity index (χ3v) is 4.25. The standard InChI is InChI=1S/C25H23NO4/c1-3-17-29-22-14-12-19(18-23(22)28-2)13-15-24(27)30-25(20-9-5-4-6-10-20)21-11-7-8-16-26-21/h3-16,18,25H,1,17H2,2H3/b15-13+. The van der Waals surface area contributed by atoms with E-state index in [4.69, 9.17) is 14.2 Å². The van der Waals surface area contributed by atoms with Gasteiger partial charge in [0.2, 0.25) is 0 Å². The van der Waals surface area contributed by atoms with Crippen molar-refractivity contribution in [3.63, 3.8) is 0 Å². The Bertz CT molecular complexity index is 961. The zero-order chi connectivity index (χ0) is 21.2. The molecule has 0 amide bonds. The molecule has 3 rings (SSSR count). The van der Waals surface area contributed by atoms with Crippen LogP contribution in [0.5, 0.6) is 11.5 Å². The highest BCUT2D eigenvalue weighted by molar-refractivity contribution is 5.87. The molecule has 0 aliphatic heterocycles. The molecule has 3 aromatic rings. The molecule has 0 saturated carbocycles. The van der Waals surface area contributed by atoms with Gasteiger partial charge in [-0.05, 0) is 41.5 Å². The second kappa shape index (κ2) is 10.6. The summed E-state index contributed by atoms with van der Waals surface area (Å²) in [7, 11) is 1.56. The number of carbonyl (C=O) groups excluding carboxylic acids is 1. The number of hydrogen-bond donors (Lipinski definition) is 0. The molecular formula is C25H23NO4. The van der Waals surface area contributed by atoms with Crippen molar-refractivity contribution in [2.45, 2.75) is 6.10 Å². The number of aromatic nitrogens is 1. The van der Waals surface area contributed by atoms with Crippen LogP contribution < -0.4 is 9.47 Å². The van der Waals surface area contributed by atoms with E-state index in [9.17, 15) is 4.79 Å². The minimum absolute atomic E-state index is 0.381. The van der Waals surface area contributed by atoms with E-state index >= 15 is 0 Å². The fourth-order valence-corrected chi connectivity index (χ4v) is 2.83. The van der Waals surface area contributed by atoms with Gasteiger partial charge in [-0.1, -0.05) is 55.1 Å². The normalized spacial score (nSPS) is 11.6. The lowest BCUT2D eigenvalue weighted by molar-refractivity contribution is -0.141. The summed E-state index contributed by atoms with van der Waals surface area (Å²) in [6.45, 7) is 4.01. The fourth-order valence-electron chi connectivity index (χ4n) is 2.83. The van der Waals surface area contributed by atoms with Crippen LogP contribution in [0.4, 0.5) is 0 Å². The van der Waals surface area contributed by atoms with Gasteiger partial charge in [-0.3, -0.25) is 4.98 Å². The highest BCUT2D eigenvalue weighted by atomic mass is 16.5. The van der Waals surface area contributed by atoms with Crippen molar-refractivity contribution in [3.8, 4) is 11.5 Å². The number of hydrogen-bond acceptors (Lipinski definition) is 5. The van der Waals surface area contributed by atoms with Gasteiger partial charge in [0.25, 0.3) is 0 Å². The first-order valence-corrected chi connectivity index (χ1v) is 9.47. The van der Waals surface area contributed by atoms with Crippen LogP contribution in [0.15, 0.2) is 91.7 Å². The van der Waals surface area contributed by atoms with Gasteiger partial charge in [-0.25, -0.2) is 4.79 Å². The first-order chi connectivity index (χ1) is 14.7. The van der Waals surface area contributed by atoms with E-state index in [0.29, 0.717) is 23.8 Å². The van der Waals surface area contributed by atoms with Gasteiger partial charge in [0.15, 0.2) is 17.6 Å². The molecule has 0 spiro atoms. The number of methoxy groups -OCH3 is 1.